The second-order valence-corrected chi connectivity index (χ2v) is 3.17. The summed E-state index contributed by atoms with van der Waals surface area (Å²) in [6, 6.07) is 0. The summed E-state index contributed by atoms with van der Waals surface area (Å²) >= 11 is 1.38. The van der Waals surface area contributed by atoms with Gasteiger partial charge < -0.3 is 10.4 Å². The summed E-state index contributed by atoms with van der Waals surface area (Å²) in [4.78, 5) is 20.9. The molecule has 0 bridgehead atoms. The van der Waals surface area contributed by atoms with Gasteiger partial charge in [0.15, 0.2) is 0 Å². The number of carbonyl (C=O) groups is 2. The van der Waals surface area contributed by atoms with Crippen LogP contribution in [0.2, 0.25) is 0 Å². The van der Waals surface area contributed by atoms with Crippen molar-refractivity contribution < 1.29 is 37.1 Å². The quantitative estimate of drug-likeness (QED) is 0.677. The fourth-order valence-electron chi connectivity index (χ4n) is 0.413. The molecule has 0 saturated carbocycles. The predicted molar refractivity (Wildman–Crippen MR) is 43.6 cm³/mol. The molecule has 0 aromatic heterocycles. The number of aliphatic carboxylic acids is 1. The van der Waals surface area contributed by atoms with Crippen LogP contribution < -0.4 is 5.32 Å². The molecule has 2 N–H and O–H groups in total. The van der Waals surface area contributed by atoms with Crippen molar-refractivity contribution in [1.82, 2.24) is 5.32 Å². The molecule has 0 spiro atoms. The Morgan fingerprint density at radius 2 is 2.08 bits per heavy atom. The normalized spacial score (nSPS) is 11.2. The van der Waals surface area contributed by atoms with E-state index in [0.29, 0.717) is 0 Å². The molecule has 1 amide bonds. The van der Waals surface area contributed by atoms with Crippen LogP contribution in [0.4, 0.5) is 0 Å². The van der Waals surface area contributed by atoms with Gasteiger partial charge in [-0.3, -0.25) is 9.59 Å². The third-order valence-corrected chi connectivity index (χ3v) is 2.06. The van der Waals surface area contributed by atoms with Crippen LogP contribution in [-0.4, -0.2) is 35.0 Å². The molecule has 1 radical (unpaired) electrons. The number of carboxylic acids is 1. The number of nitrogens with one attached hydrogen (secondary N) is 1. The van der Waals surface area contributed by atoms with Gasteiger partial charge in [0.25, 0.3) is 0 Å². The zero-order chi connectivity index (χ0) is 8.85. The van der Waals surface area contributed by atoms with Crippen LogP contribution in [0.1, 0.15) is 6.92 Å². The van der Waals surface area contributed by atoms with Crippen LogP contribution in [-0.2, 0) is 32.0 Å². The van der Waals surface area contributed by atoms with E-state index >= 15 is 0 Å². The number of hydrogen-bond donors (Lipinski definition) is 2. The summed E-state index contributed by atoms with van der Waals surface area (Å²) in [6.45, 7) is 1.42. The van der Waals surface area contributed by atoms with Crippen molar-refractivity contribution in [3.05, 3.63) is 0 Å². The second-order valence-electron chi connectivity index (χ2n) is 1.99. The average Bonchev–Trinajstić information content (AvgIpc) is 1.98. The van der Waals surface area contributed by atoms with Crippen molar-refractivity contribution in [3.8, 4) is 0 Å². The largest absolute Gasteiger partial charge is 0.480 e. The summed E-state index contributed by atoms with van der Waals surface area (Å²) in [6.07, 6.45) is 1.80. The summed E-state index contributed by atoms with van der Waals surface area (Å²) in [7, 11) is 0. The molecule has 0 fully saturated rings. The number of carbonyl (C=O) groups excluding carboxylic acids is 1. The average molecular weight is 374 g/mol. The van der Waals surface area contributed by atoms with E-state index in [4.69, 9.17) is 5.11 Å². The van der Waals surface area contributed by atoms with Crippen molar-refractivity contribution in [1.29, 1.82) is 0 Å². The maximum atomic E-state index is 10.9. The summed E-state index contributed by atoms with van der Waals surface area (Å²) < 4.78 is 0. The number of rotatable bonds is 4. The van der Waals surface area contributed by atoms with Gasteiger partial charge in [-0.25, -0.2) is 0 Å². The number of thioether (sulfide) groups is 1. The first kappa shape index (κ1) is 14.5. The number of hydrogen-bond acceptors (Lipinski definition) is 3. The van der Waals surface area contributed by atoms with Gasteiger partial charge in [0.1, 0.15) is 6.54 Å². The first-order valence-electron chi connectivity index (χ1n) is 3.10. The number of carboxylic acid groups (broad SMARTS) is 1. The van der Waals surface area contributed by atoms with Crippen molar-refractivity contribution >= 4 is 23.6 Å². The Kier molecular flexibility index (Phi) is 9.30. The molecule has 0 saturated heterocycles. The molecule has 1 atom stereocenters. The molecule has 6 heteroatoms. The first-order valence-corrected chi connectivity index (χ1v) is 4.39. The molecule has 0 aromatic carbocycles. The van der Waals surface area contributed by atoms with E-state index < -0.39 is 5.97 Å². The SMILES string of the molecule is CSC(C)C(=O)NCC(=O)O.[Au]. The van der Waals surface area contributed by atoms with Crippen molar-refractivity contribution in [2.45, 2.75) is 12.2 Å². The van der Waals surface area contributed by atoms with Crippen molar-refractivity contribution in [2.24, 2.45) is 0 Å². The molecule has 0 aromatic rings. The zero-order valence-electron chi connectivity index (χ0n) is 6.76. The Morgan fingerprint density at radius 3 is 2.42 bits per heavy atom. The molecule has 0 aliphatic rings. The molecule has 0 rings (SSSR count). The van der Waals surface area contributed by atoms with Crippen molar-refractivity contribution in [2.75, 3.05) is 12.8 Å². The standard InChI is InChI=1S/C6H11NO3S.Au/c1-4(11-2)6(10)7-3-5(8)9;/h4H,3H2,1-2H3,(H,7,10)(H,8,9);. The van der Waals surface area contributed by atoms with E-state index in [1.165, 1.54) is 11.8 Å². The predicted octanol–water partition coefficient (Wildman–Crippen LogP) is -0.0638. The molecule has 4 nitrogen and oxygen atoms in total. The zero-order valence-corrected chi connectivity index (χ0v) is 9.74. The van der Waals surface area contributed by atoms with Crippen LogP contribution in [0.5, 0.6) is 0 Å². The summed E-state index contributed by atoms with van der Waals surface area (Å²) in [5.41, 5.74) is 0. The molecule has 0 aliphatic heterocycles. The molecule has 1 unspecified atom stereocenters. The van der Waals surface area contributed by atoms with E-state index in [1.807, 2.05) is 0 Å². The molecular weight excluding hydrogens is 363 g/mol. The molecule has 12 heavy (non-hydrogen) atoms. The van der Waals surface area contributed by atoms with E-state index in [9.17, 15) is 9.59 Å². The third kappa shape index (κ3) is 6.72. The smallest absolute Gasteiger partial charge is 0.322 e. The molecule has 0 heterocycles. The fraction of sp³-hybridized carbons (Fsp3) is 0.667. The third-order valence-electron chi connectivity index (χ3n) is 1.14. The Hall–Kier alpha value is 0.0303. The van der Waals surface area contributed by atoms with Gasteiger partial charge in [-0.05, 0) is 13.2 Å². The Morgan fingerprint density at radius 1 is 1.58 bits per heavy atom. The Labute approximate surface area is 91.0 Å². The van der Waals surface area contributed by atoms with Gasteiger partial charge in [0.05, 0.1) is 5.25 Å². The van der Waals surface area contributed by atoms with E-state index in [0.717, 1.165) is 0 Å². The van der Waals surface area contributed by atoms with E-state index in [1.54, 1.807) is 13.2 Å². The minimum absolute atomic E-state index is 0. The van der Waals surface area contributed by atoms with Gasteiger partial charge in [-0.15, -0.1) is 0 Å². The maximum Gasteiger partial charge on any atom is 0.322 e. The van der Waals surface area contributed by atoms with Gasteiger partial charge >= 0.3 is 5.97 Å². The van der Waals surface area contributed by atoms with Gasteiger partial charge in [-0.1, -0.05) is 0 Å². The topological polar surface area (TPSA) is 66.4 Å². The van der Waals surface area contributed by atoms with Crippen molar-refractivity contribution in [3.63, 3.8) is 0 Å². The van der Waals surface area contributed by atoms with Crippen LogP contribution >= 0.6 is 11.8 Å². The first-order chi connectivity index (χ1) is 5.07. The van der Waals surface area contributed by atoms with Gasteiger partial charge in [0, 0.05) is 22.4 Å². The van der Waals surface area contributed by atoms with Gasteiger partial charge in [-0.2, -0.15) is 11.8 Å². The molecule has 75 valence electrons. The summed E-state index contributed by atoms with van der Waals surface area (Å²) in [5.74, 6) is -1.26. The fourth-order valence-corrected chi connectivity index (χ4v) is 0.711. The Bertz CT molecular complexity index is 165. The van der Waals surface area contributed by atoms with E-state index in [2.05, 4.69) is 5.32 Å². The maximum absolute atomic E-state index is 10.9. The number of amides is 1. The summed E-state index contributed by atoms with van der Waals surface area (Å²) in [5, 5.41) is 10.3. The monoisotopic (exact) mass is 374 g/mol. The molecule has 0 aliphatic carbocycles. The minimum atomic E-state index is -1.02. The Balaban J connectivity index is 0. The molecular formula is C6H11AuNO3S. The van der Waals surface area contributed by atoms with Crippen LogP contribution in [0, 0.1) is 0 Å². The van der Waals surface area contributed by atoms with E-state index in [-0.39, 0.29) is 40.1 Å². The second kappa shape index (κ2) is 7.67. The van der Waals surface area contributed by atoms with Crippen LogP contribution in [0.15, 0.2) is 0 Å². The van der Waals surface area contributed by atoms with Gasteiger partial charge in [0.2, 0.25) is 5.91 Å². The van der Waals surface area contributed by atoms with Crippen LogP contribution in [0.3, 0.4) is 0 Å². The minimum Gasteiger partial charge on any atom is -0.480 e. The van der Waals surface area contributed by atoms with Crippen LogP contribution in [0.25, 0.3) is 0 Å².